The molecule has 83 heavy (non-hydrogen) atoms. The molecule has 0 aliphatic carbocycles. The van der Waals surface area contributed by atoms with E-state index in [1.54, 1.807) is 0 Å². The summed E-state index contributed by atoms with van der Waals surface area (Å²) in [4.78, 5) is 9.53. The molecule has 0 amide bonds. The number of hydrogen-bond donors (Lipinski definition) is 0. The number of hydrogen-bond acceptors (Lipinski definition) is 4. The van der Waals surface area contributed by atoms with Crippen molar-refractivity contribution in [2.45, 2.75) is 0 Å². The van der Waals surface area contributed by atoms with Gasteiger partial charge in [0, 0.05) is 72.5 Å². The highest BCUT2D eigenvalue weighted by Crippen LogP contribution is 2.42. The minimum absolute atomic E-state index is 0.796. The van der Waals surface area contributed by atoms with Crippen molar-refractivity contribution >= 4 is 110 Å². The fourth-order valence-corrected chi connectivity index (χ4v) is 13.3. The third-order valence-corrected chi connectivity index (χ3v) is 17.1. The molecule has 0 aliphatic heterocycles. The summed E-state index contributed by atoms with van der Waals surface area (Å²) in [7, 11) is 0. The van der Waals surface area contributed by atoms with Gasteiger partial charge in [0.1, 0.15) is 22.3 Å². The second kappa shape index (κ2) is 17.6. The van der Waals surface area contributed by atoms with E-state index in [0.29, 0.717) is 0 Å². The van der Waals surface area contributed by atoms with Crippen LogP contribution in [0.4, 0.5) is 0 Å². The quantitative estimate of drug-likeness (QED) is 0.159. The largest absolute Gasteiger partial charge is 0.456 e. The van der Waals surface area contributed by atoms with E-state index < -0.39 is 0 Å². The van der Waals surface area contributed by atoms with Crippen molar-refractivity contribution in [1.82, 2.24) is 23.7 Å². The minimum atomic E-state index is 0.796. The summed E-state index contributed by atoms with van der Waals surface area (Å²) in [6.07, 6.45) is 3.71. The molecular formula is C76H45N5O2. The van der Waals surface area contributed by atoms with Crippen LogP contribution < -0.4 is 0 Å². The first kappa shape index (κ1) is 45.6. The molecule has 7 aromatic heterocycles. The maximum Gasteiger partial charge on any atom is 0.153 e. The van der Waals surface area contributed by atoms with Gasteiger partial charge >= 0.3 is 0 Å². The van der Waals surface area contributed by atoms with Crippen molar-refractivity contribution in [1.29, 1.82) is 0 Å². The zero-order valence-corrected chi connectivity index (χ0v) is 44.5. The molecule has 0 saturated heterocycles. The van der Waals surface area contributed by atoms with E-state index in [4.69, 9.17) is 13.8 Å². The standard InChI is InChI=1S/C76H45N5O2/c1-2-14-54(15-3-1)79-69-32-26-50(44-63(69)75-70(79)22-10-36-77-75)46-12-8-16-55(38-46)80-65-20-6-4-18-57(65)59-40-48(24-30-67(59)80)51-27-33-71-61(42-51)62-43-52(28-34-72(62)82-71)49-25-31-68-60(41-49)58-19-5-7-21-66(58)81(68)56-17-9-13-47(39-56)53-29-35-73-64(45-53)76-74(83-73)23-11-37-78-76/h1-45H. The van der Waals surface area contributed by atoms with Gasteiger partial charge in [-0.05, 0) is 190 Å². The Morgan fingerprint density at radius 1 is 0.217 bits per heavy atom. The molecule has 0 radical (unpaired) electrons. The Morgan fingerprint density at radius 3 is 1.18 bits per heavy atom. The van der Waals surface area contributed by atoms with Gasteiger partial charge in [0.2, 0.25) is 0 Å². The summed E-state index contributed by atoms with van der Waals surface area (Å²) in [6, 6.07) is 94.0. The summed E-state index contributed by atoms with van der Waals surface area (Å²) >= 11 is 0. The van der Waals surface area contributed by atoms with Crippen LogP contribution in [0.25, 0.3) is 171 Å². The third kappa shape index (κ3) is 6.98. The fraction of sp³-hybridized carbons (Fsp3) is 0. The van der Waals surface area contributed by atoms with Crippen LogP contribution in [-0.4, -0.2) is 23.7 Å². The molecule has 7 heterocycles. The molecule has 0 N–H and O–H groups in total. The number of nitrogens with zero attached hydrogens (tertiary/aromatic N) is 5. The highest BCUT2D eigenvalue weighted by atomic mass is 16.3. The molecular weight excluding hydrogens is 1010 g/mol. The van der Waals surface area contributed by atoms with E-state index in [9.17, 15) is 0 Å². The lowest BCUT2D eigenvalue weighted by Crippen LogP contribution is -1.94. The lowest BCUT2D eigenvalue weighted by Gasteiger charge is -2.11. The molecule has 7 heteroatoms. The Morgan fingerprint density at radius 2 is 0.602 bits per heavy atom. The molecule has 0 spiro atoms. The molecule has 18 aromatic rings. The second-order valence-electron chi connectivity index (χ2n) is 21.7. The molecule has 0 saturated carbocycles. The fourth-order valence-electron chi connectivity index (χ4n) is 13.3. The van der Waals surface area contributed by atoms with Crippen LogP contribution in [0, 0.1) is 0 Å². The van der Waals surface area contributed by atoms with E-state index in [2.05, 4.69) is 261 Å². The zero-order chi connectivity index (χ0) is 54.3. The van der Waals surface area contributed by atoms with Gasteiger partial charge < -0.3 is 22.5 Å². The number of fused-ring (bicyclic) bond motifs is 15. The maximum atomic E-state index is 6.55. The Hall–Kier alpha value is -11.3. The van der Waals surface area contributed by atoms with Gasteiger partial charge in [-0.3, -0.25) is 9.97 Å². The summed E-state index contributed by atoms with van der Waals surface area (Å²) in [6.45, 7) is 0. The summed E-state index contributed by atoms with van der Waals surface area (Å²) < 4.78 is 19.8. The number of furan rings is 2. The average molecular weight is 1060 g/mol. The van der Waals surface area contributed by atoms with Crippen molar-refractivity contribution in [3.63, 3.8) is 0 Å². The van der Waals surface area contributed by atoms with Crippen molar-refractivity contribution in [3.8, 4) is 61.6 Å². The Kier molecular flexibility index (Phi) is 9.67. The van der Waals surface area contributed by atoms with Crippen molar-refractivity contribution in [2.24, 2.45) is 0 Å². The first-order valence-electron chi connectivity index (χ1n) is 28.1. The van der Waals surface area contributed by atoms with Gasteiger partial charge in [-0.1, -0.05) is 115 Å². The van der Waals surface area contributed by atoms with E-state index in [1.807, 2.05) is 30.6 Å². The molecule has 0 bridgehead atoms. The van der Waals surface area contributed by atoms with Gasteiger partial charge in [0.25, 0.3) is 0 Å². The lowest BCUT2D eigenvalue weighted by molar-refractivity contribution is 0.668. The van der Waals surface area contributed by atoms with Crippen LogP contribution in [0.5, 0.6) is 0 Å². The molecule has 0 aliphatic rings. The number of benzene rings is 11. The van der Waals surface area contributed by atoms with Gasteiger partial charge in [0.05, 0.1) is 38.6 Å². The molecule has 0 unspecified atom stereocenters. The molecule has 18 rings (SSSR count). The predicted molar refractivity (Wildman–Crippen MR) is 341 cm³/mol. The van der Waals surface area contributed by atoms with Crippen LogP contribution in [0.1, 0.15) is 0 Å². The van der Waals surface area contributed by atoms with Crippen LogP contribution in [0.2, 0.25) is 0 Å². The minimum Gasteiger partial charge on any atom is -0.456 e. The number of pyridine rings is 2. The van der Waals surface area contributed by atoms with Gasteiger partial charge in [0.15, 0.2) is 5.58 Å². The van der Waals surface area contributed by atoms with Gasteiger partial charge in [-0.2, -0.15) is 0 Å². The first-order valence-corrected chi connectivity index (χ1v) is 28.1. The summed E-state index contributed by atoms with van der Waals surface area (Å²) in [5.74, 6) is 0. The third-order valence-electron chi connectivity index (χ3n) is 17.1. The maximum absolute atomic E-state index is 6.55. The smallest absolute Gasteiger partial charge is 0.153 e. The van der Waals surface area contributed by atoms with Crippen LogP contribution in [0.15, 0.2) is 282 Å². The molecule has 11 aromatic carbocycles. The predicted octanol–water partition coefficient (Wildman–Crippen LogP) is 20.2. The van der Waals surface area contributed by atoms with E-state index in [-0.39, 0.29) is 0 Å². The normalized spacial score (nSPS) is 12.1. The summed E-state index contributed by atoms with van der Waals surface area (Å²) in [5.41, 5.74) is 24.5. The number of aromatic nitrogens is 5. The van der Waals surface area contributed by atoms with Gasteiger partial charge in [-0.25, -0.2) is 0 Å². The number of para-hydroxylation sites is 3. The Bertz CT molecular complexity index is 5720. The van der Waals surface area contributed by atoms with E-state index >= 15 is 0 Å². The topological polar surface area (TPSA) is 66.8 Å². The Balaban J connectivity index is 0.695. The number of rotatable bonds is 7. The SMILES string of the molecule is c1ccc(-n2c3ccc(-c4cccc(-n5c6ccccc6c6cc(-c7ccc8oc9ccc(-c%10ccc%11c(c%10)c%10ccccc%10n%11-c%10cccc(-c%11ccc%12oc%13cccnc%13c%12c%11)c%10)cc9c8c7)ccc65)c4)cc3c3ncccc32)cc1. The molecule has 386 valence electrons. The molecule has 7 nitrogen and oxygen atoms in total. The molecule has 0 fully saturated rings. The van der Waals surface area contributed by atoms with Crippen LogP contribution >= 0.6 is 0 Å². The lowest BCUT2D eigenvalue weighted by atomic mass is 9.98. The van der Waals surface area contributed by atoms with E-state index in [0.717, 1.165) is 150 Å². The van der Waals surface area contributed by atoms with Crippen molar-refractivity contribution in [2.75, 3.05) is 0 Å². The van der Waals surface area contributed by atoms with Crippen molar-refractivity contribution in [3.05, 3.63) is 273 Å². The monoisotopic (exact) mass is 1060 g/mol. The van der Waals surface area contributed by atoms with Crippen molar-refractivity contribution < 1.29 is 8.83 Å². The second-order valence-corrected chi connectivity index (χ2v) is 21.7. The Labute approximate surface area is 474 Å². The van der Waals surface area contributed by atoms with Gasteiger partial charge in [-0.15, -0.1) is 0 Å². The van der Waals surface area contributed by atoms with Crippen LogP contribution in [-0.2, 0) is 0 Å². The average Bonchev–Trinajstić information content (AvgIpc) is 3.89. The highest BCUT2D eigenvalue weighted by Gasteiger charge is 2.20. The molecule has 0 atom stereocenters. The highest BCUT2D eigenvalue weighted by molar-refractivity contribution is 6.14. The zero-order valence-electron chi connectivity index (χ0n) is 44.5. The first-order chi connectivity index (χ1) is 41.1. The van der Waals surface area contributed by atoms with Crippen LogP contribution in [0.3, 0.4) is 0 Å². The van der Waals surface area contributed by atoms with E-state index in [1.165, 1.54) is 21.5 Å². The summed E-state index contributed by atoms with van der Waals surface area (Å²) in [5, 5.41) is 9.13.